The molecule has 25 heavy (non-hydrogen) atoms. The van der Waals surface area contributed by atoms with Crippen LogP contribution in [0.4, 0.5) is 13.2 Å². The second-order valence-corrected chi connectivity index (χ2v) is 7.52. The lowest BCUT2D eigenvalue weighted by Gasteiger charge is -2.35. The summed E-state index contributed by atoms with van der Waals surface area (Å²) in [6.07, 6.45) is 0.303. The number of rotatable bonds is 4. The van der Waals surface area contributed by atoms with E-state index in [1.54, 1.807) is 37.3 Å². The molecule has 9 heteroatoms. The van der Waals surface area contributed by atoms with Gasteiger partial charge in [-0.1, -0.05) is 37.3 Å². The van der Waals surface area contributed by atoms with Crippen LogP contribution in [-0.4, -0.2) is 27.0 Å². The van der Waals surface area contributed by atoms with E-state index in [2.05, 4.69) is 8.92 Å². The van der Waals surface area contributed by atoms with Crippen molar-refractivity contribution in [1.82, 2.24) is 0 Å². The quantitative estimate of drug-likeness (QED) is 0.456. The molecule has 0 spiro atoms. The van der Waals surface area contributed by atoms with E-state index < -0.39 is 32.8 Å². The molecule has 0 aliphatic heterocycles. The third kappa shape index (κ3) is 3.97. The minimum absolute atomic E-state index is 0.0424. The lowest BCUT2D eigenvalue weighted by molar-refractivity contribution is -0.136. The van der Waals surface area contributed by atoms with Crippen LogP contribution in [-0.2, 0) is 29.2 Å². The smallest absolute Gasteiger partial charge is 0.466 e. The second kappa shape index (κ2) is 6.70. The first-order chi connectivity index (χ1) is 11.5. The van der Waals surface area contributed by atoms with Gasteiger partial charge in [0, 0.05) is 6.42 Å². The van der Waals surface area contributed by atoms with Gasteiger partial charge in [-0.25, -0.2) is 4.79 Å². The zero-order valence-corrected chi connectivity index (χ0v) is 14.4. The Bertz CT molecular complexity index is 784. The van der Waals surface area contributed by atoms with Crippen LogP contribution in [0, 0.1) is 0 Å². The molecule has 1 aromatic carbocycles. The number of halogens is 3. The lowest BCUT2D eigenvalue weighted by atomic mass is 9.71. The monoisotopic (exact) mass is 378 g/mol. The summed E-state index contributed by atoms with van der Waals surface area (Å²) >= 11 is 0. The molecule has 0 N–H and O–H groups in total. The zero-order valence-electron chi connectivity index (χ0n) is 13.6. The number of hydrogen-bond acceptors (Lipinski definition) is 5. The first-order valence-electron chi connectivity index (χ1n) is 7.37. The lowest BCUT2D eigenvalue weighted by Crippen LogP contribution is -2.33. The molecule has 0 aromatic heterocycles. The maximum absolute atomic E-state index is 12.7. The van der Waals surface area contributed by atoms with E-state index in [0.717, 1.165) is 12.7 Å². The van der Waals surface area contributed by atoms with E-state index in [1.165, 1.54) is 0 Å². The largest absolute Gasteiger partial charge is 0.534 e. The van der Waals surface area contributed by atoms with E-state index in [-0.39, 0.29) is 18.4 Å². The van der Waals surface area contributed by atoms with Gasteiger partial charge in [0.25, 0.3) is 0 Å². The highest BCUT2D eigenvalue weighted by Gasteiger charge is 2.50. The molecular formula is C16H17F3O5S. The molecular weight excluding hydrogens is 361 g/mol. The molecule has 1 unspecified atom stereocenters. The molecule has 1 aliphatic rings. The molecule has 1 aromatic rings. The van der Waals surface area contributed by atoms with Gasteiger partial charge in [0.05, 0.1) is 12.7 Å². The third-order valence-corrected chi connectivity index (χ3v) is 5.20. The van der Waals surface area contributed by atoms with Crippen molar-refractivity contribution >= 4 is 16.1 Å². The standard InChI is InChI=1S/C16H17F3O5S/c1-15(11-6-4-3-5-7-11)9-8-12(14(20)23-2)13(10-15)24-25(21,22)16(17,18)19/h3-7H,8-10H2,1-2H3. The second-order valence-electron chi connectivity index (χ2n) is 5.98. The fraction of sp³-hybridized carbons (Fsp3) is 0.438. The average Bonchev–Trinajstić information content (AvgIpc) is 2.54. The zero-order chi connectivity index (χ0) is 18.9. The van der Waals surface area contributed by atoms with Crippen molar-refractivity contribution < 1.29 is 35.3 Å². The molecule has 0 bridgehead atoms. The highest BCUT2D eigenvalue weighted by Crippen LogP contribution is 2.43. The predicted octanol–water partition coefficient (Wildman–Crippen LogP) is 3.42. The number of benzene rings is 1. The summed E-state index contributed by atoms with van der Waals surface area (Å²) < 4.78 is 69.6. The normalized spacial score (nSPS) is 21.8. The molecule has 0 amide bonds. The van der Waals surface area contributed by atoms with Crippen molar-refractivity contribution in [3.63, 3.8) is 0 Å². The van der Waals surface area contributed by atoms with Gasteiger partial charge >= 0.3 is 21.6 Å². The minimum atomic E-state index is -5.87. The van der Waals surface area contributed by atoms with Crippen molar-refractivity contribution in [3.05, 3.63) is 47.2 Å². The summed E-state index contributed by atoms with van der Waals surface area (Å²) in [6, 6.07) is 8.91. The van der Waals surface area contributed by atoms with Gasteiger partial charge in [-0.05, 0) is 23.8 Å². The summed E-state index contributed by atoms with van der Waals surface area (Å²) in [5.41, 5.74) is -5.63. The topological polar surface area (TPSA) is 69.7 Å². The SMILES string of the molecule is COC(=O)C1=C(OS(=O)(=O)C(F)(F)F)CC(C)(c2ccccc2)CC1. The number of ether oxygens (including phenoxy) is 1. The molecule has 2 rings (SSSR count). The van der Waals surface area contributed by atoms with E-state index in [0.29, 0.717) is 6.42 Å². The average molecular weight is 378 g/mol. The summed E-state index contributed by atoms with van der Waals surface area (Å²) in [7, 11) is -4.80. The van der Waals surface area contributed by atoms with Gasteiger partial charge in [-0.15, -0.1) is 0 Å². The van der Waals surface area contributed by atoms with E-state index in [4.69, 9.17) is 0 Å². The Morgan fingerprint density at radius 2 is 1.80 bits per heavy atom. The molecule has 0 fully saturated rings. The van der Waals surface area contributed by atoms with Crippen LogP contribution >= 0.6 is 0 Å². The first kappa shape index (κ1) is 19.3. The van der Waals surface area contributed by atoms with Crippen molar-refractivity contribution in [2.75, 3.05) is 7.11 Å². The van der Waals surface area contributed by atoms with Crippen molar-refractivity contribution in [3.8, 4) is 0 Å². The Morgan fingerprint density at radius 3 is 2.32 bits per heavy atom. The van der Waals surface area contributed by atoms with Gasteiger partial charge in [-0.3, -0.25) is 0 Å². The van der Waals surface area contributed by atoms with Crippen LogP contribution < -0.4 is 0 Å². The fourth-order valence-electron chi connectivity index (χ4n) is 2.78. The highest BCUT2D eigenvalue weighted by molar-refractivity contribution is 7.87. The van der Waals surface area contributed by atoms with Gasteiger partial charge in [0.2, 0.25) is 0 Å². The van der Waals surface area contributed by atoms with Crippen molar-refractivity contribution in [1.29, 1.82) is 0 Å². The van der Waals surface area contributed by atoms with Gasteiger partial charge in [0.15, 0.2) is 0 Å². The van der Waals surface area contributed by atoms with Crippen LogP contribution in [0.15, 0.2) is 41.7 Å². The van der Waals surface area contributed by atoms with E-state index in [1.807, 2.05) is 0 Å². The van der Waals surface area contributed by atoms with E-state index in [9.17, 15) is 26.4 Å². The minimum Gasteiger partial charge on any atom is -0.466 e. The maximum atomic E-state index is 12.7. The molecule has 1 atom stereocenters. The van der Waals surface area contributed by atoms with Crippen LogP contribution in [0.5, 0.6) is 0 Å². The molecule has 0 saturated carbocycles. The Balaban J connectivity index is 2.45. The molecule has 0 saturated heterocycles. The van der Waals surface area contributed by atoms with Gasteiger partial charge in [0.1, 0.15) is 5.76 Å². The number of hydrogen-bond donors (Lipinski definition) is 0. The summed E-state index contributed by atoms with van der Waals surface area (Å²) in [5.74, 6) is -1.43. The van der Waals surface area contributed by atoms with Crippen LogP contribution in [0.25, 0.3) is 0 Å². The molecule has 0 radical (unpaired) electrons. The summed E-state index contributed by atoms with van der Waals surface area (Å²) in [6.45, 7) is 1.78. The predicted molar refractivity (Wildman–Crippen MR) is 82.7 cm³/mol. The summed E-state index contributed by atoms with van der Waals surface area (Å²) in [4.78, 5) is 11.8. The Morgan fingerprint density at radius 1 is 1.20 bits per heavy atom. The number of esters is 1. The fourth-order valence-corrected chi connectivity index (χ4v) is 3.29. The number of allylic oxidation sites excluding steroid dienone is 1. The van der Waals surface area contributed by atoms with Crippen molar-refractivity contribution in [2.45, 2.75) is 37.1 Å². The van der Waals surface area contributed by atoms with Gasteiger partial charge < -0.3 is 8.92 Å². The van der Waals surface area contributed by atoms with E-state index >= 15 is 0 Å². The van der Waals surface area contributed by atoms with Gasteiger partial charge in [-0.2, -0.15) is 21.6 Å². The Labute approximate surface area is 143 Å². The number of methoxy groups -OCH3 is 1. The molecule has 5 nitrogen and oxygen atoms in total. The van der Waals surface area contributed by atoms with Crippen molar-refractivity contribution in [2.24, 2.45) is 0 Å². The maximum Gasteiger partial charge on any atom is 0.534 e. The van der Waals surface area contributed by atoms with Crippen LogP contribution in [0.3, 0.4) is 0 Å². The molecule has 0 heterocycles. The highest BCUT2D eigenvalue weighted by atomic mass is 32.2. The Hall–Kier alpha value is -2.03. The number of alkyl halides is 3. The molecule has 138 valence electrons. The third-order valence-electron chi connectivity index (χ3n) is 4.21. The number of carbonyl (C=O) groups is 1. The van der Waals surface area contributed by atoms with Crippen LogP contribution in [0.2, 0.25) is 0 Å². The van der Waals surface area contributed by atoms with Crippen LogP contribution in [0.1, 0.15) is 31.7 Å². The first-order valence-corrected chi connectivity index (χ1v) is 8.77. The molecule has 1 aliphatic carbocycles. The number of carbonyl (C=O) groups excluding carboxylic acids is 1. The Kier molecular flexibility index (Phi) is 5.17. The summed E-state index contributed by atoms with van der Waals surface area (Å²) in [5, 5.41) is 0.